The van der Waals surface area contributed by atoms with Crippen LogP contribution in [0.15, 0.2) is 30.5 Å². The van der Waals surface area contributed by atoms with E-state index in [4.69, 9.17) is 27.9 Å². The van der Waals surface area contributed by atoms with Crippen LogP contribution in [-0.4, -0.2) is 4.98 Å². The highest BCUT2D eigenvalue weighted by Crippen LogP contribution is 2.34. The topological polar surface area (TPSA) is 22.1 Å². The van der Waals surface area contributed by atoms with E-state index in [1.165, 1.54) is 0 Å². The van der Waals surface area contributed by atoms with Gasteiger partial charge in [-0.3, -0.25) is 0 Å². The number of nitrogens with zero attached hydrogens (tertiary/aromatic N) is 1. The minimum absolute atomic E-state index is 0.393. The van der Waals surface area contributed by atoms with E-state index in [9.17, 15) is 0 Å². The molecule has 0 amide bonds. The molecule has 0 saturated carbocycles. The Kier molecular flexibility index (Phi) is 4.49. The summed E-state index contributed by atoms with van der Waals surface area (Å²) in [4.78, 5) is 4.26. The van der Waals surface area contributed by atoms with E-state index in [0.29, 0.717) is 21.7 Å². The molecule has 1 aromatic carbocycles. The average molecular weight is 347 g/mol. The van der Waals surface area contributed by atoms with Crippen molar-refractivity contribution in [2.45, 2.75) is 12.3 Å². The molecular formula is C13H10BrCl2NO. The van der Waals surface area contributed by atoms with Gasteiger partial charge in [-0.1, -0.05) is 45.2 Å². The average Bonchev–Trinajstić information content (AvgIpc) is 2.37. The molecule has 0 aliphatic rings. The van der Waals surface area contributed by atoms with Gasteiger partial charge in [-0.25, -0.2) is 4.98 Å². The Hall–Kier alpha value is -0.770. The third-order valence-electron chi connectivity index (χ3n) is 2.36. The van der Waals surface area contributed by atoms with Crippen LogP contribution in [0.4, 0.5) is 0 Å². The van der Waals surface area contributed by atoms with Gasteiger partial charge in [0.15, 0.2) is 0 Å². The number of hydrogen-bond acceptors (Lipinski definition) is 2. The van der Waals surface area contributed by atoms with E-state index in [1.807, 2.05) is 13.0 Å². The number of hydrogen-bond donors (Lipinski definition) is 0. The van der Waals surface area contributed by atoms with E-state index in [1.54, 1.807) is 24.4 Å². The van der Waals surface area contributed by atoms with Crippen LogP contribution in [-0.2, 0) is 5.33 Å². The van der Waals surface area contributed by atoms with Gasteiger partial charge in [0.2, 0.25) is 5.88 Å². The van der Waals surface area contributed by atoms with Gasteiger partial charge in [0.05, 0.1) is 5.02 Å². The zero-order valence-electron chi connectivity index (χ0n) is 9.58. The molecule has 1 heterocycles. The van der Waals surface area contributed by atoms with Crippen LogP contribution in [0.3, 0.4) is 0 Å². The number of ether oxygens (including phenoxy) is 1. The van der Waals surface area contributed by atoms with Crippen LogP contribution in [0.5, 0.6) is 11.6 Å². The predicted octanol–water partition coefficient (Wildman–Crippen LogP) is 5.38. The molecule has 18 heavy (non-hydrogen) atoms. The third-order valence-corrected chi connectivity index (χ3v) is 3.81. The number of pyridine rings is 1. The SMILES string of the molecule is Cc1cc(CBr)cnc1Oc1cccc(Cl)c1Cl. The highest BCUT2D eigenvalue weighted by Gasteiger charge is 2.09. The summed E-state index contributed by atoms with van der Waals surface area (Å²) >= 11 is 15.4. The second-order valence-electron chi connectivity index (χ2n) is 3.75. The first-order chi connectivity index (χ1) is 8.61. The normalized spacial score (nSPS) is 10.4. The maximum absolute atomic E-state index is 6.06. The van der Waals surface area contributed by atoms with Crippen molar-refractivity contribution in [1.29, 1.82) is 0 Å². The Morgan fingerprint density at radius 3 is 2.78 bits per heavy atom. The lowest BCUT2D eigenvalue weighted by atomic mass is 10.2. The van der Waals surface area contributed by atoms with Gasteiger partial charge in [0, 0.05) is 17.1 Å². The Balaban J connectivity index is 2.31. The minimum Gasteiger partial charge on any atom is -0.437 e. The third kappa shape index (κ3) is 2.97. The summed E-state index contributed by atoms with van der Waals surface area (Å²) in [5.74, 6) is 1.04. The maximum Gasteiger partial charge on any atom is 0.222 e. The molecule has 0 fully saturated rings. The molecule has 5 heteroatoms. The summed E-state index contributed by atoms with van der Waals surface area (Å²) < 4.78 is 5.68. The molecule has 2 nitrogen and oxygen atoms in total. The molecule has 2 aromatic rings. The maximum atomic E-state index is 6.06. The van der Waals surface area contributed by atoms with Crippen molar-refractivity contribution in [2.75, 3.05) is 0 Å². The zero-order valence-corrected chi connectivity index (χ0v) is 12.7. The number of aryl methyl sites for hydroxylation is 1. The highest BCUT2D eigenvalue weighted by atomic mass is 79.9. The van der Waals surface area contributed by atoms with Crippen LogP contribution in [0, 0.1) is 6.92 Å². The number of rotatable bonds is 3. The molecule has 0 unspecified atom stereocenters. The fraction of sp³-hybridized carbons (Fsp3) is 0.154. The first-order valence-corrected chi connectivity index (χ1v) is 7.13. The van der Waals surface area contributed by atoms with Crippen molar-refractivity contribution in [1.82, 2.24) is 4.98 Å². The molecule has 0 saturated heterocycles. The van der Waals surface area contributed by atoms with Gasteiger partial charge < -0.3 is 4.74 Å². The summed E-state index contributed by atoms with van der Waals surface area (Å²) in [7, 11) is 0. The van der Waals surface area contributed by atoms with Gasteiger partial charge in [-0.2, -0.15) is 0 Å². The summed E-state index contributed by atoms with van der Waals surface area (Å²) in [6.45, 7) is 1.94. The molecule has 0 aliphatic carbocycles. The Morgan fingerprint density at radius 2 is 2.11 bits per heavy atom. The van der Waals surface area contributed by atoms with Crippen LogP contribution in [0.2, 0.25) is 10.0 Å². The lowest BCUT2D eigenvalue weighted by Crippen LogP contribution is -1.93. The van der Waals surface area contributed by atoms with Gasteiger partial charge in [0.25, 0.3) is 0 Å². The largest absolute Gasteiger partial charge is 0.437 e. The van der Waals surface area contributed by atoms with E-state index in [0.717, 1.165) is 16.5 Å². The first kappa shape index (κ1) is 13.7. The van der Waals surface area contributed by atoms with E-state index in [2.05, 4.69) is 20.9 Å². The Morgan fingerprint density at radius 1 is 1.33 bits per heavy atom. The number of benzene rings is 1. The summed E-state index contributed by atoms with van der Waals surface area (Å²) in [5.41, 5.74) is 2.04. The van der Waals surface area contributed by atoms with Gasteiger partial charge in [-0.15, -0.1) is 0 Å². The molecule has 0 bridgehead atoms. The number of alkyl halides is 1. The zero-order chi connectivity index (χ0) is 13.1. The predicted molar refractivity (Wildman–Crippen MR) is 78.1 cm³/mol. The van der Waals surface area contributed by atoms with Crippen LogP contribution >= 0.6 is 39.1 Å². The summed E-state index contributed by atoms with van der Waals surface area (Å²) in [6.07, 6.45) is 1.76. The van der Waals surface area contributed by atoms with Crippen molar-refractivity contribution in [2.24, 2.45) is 0 Å². The number of aromatic nitrogens is 1. The molecule has 94 valence electrons. The lowest BCUT2D eigenvalue weighted by molar-refractivity contribution is 0.459. The van der Waals surface area contributed by atoms with Gasteiger partial charge in [-0.05, 0) is 30.7 Å². The van der Waals surface area contributed by atoms with E-state index >= 15 is 0 Å². The van der Waals surface area contributed by atoms with Crippen LogP contribution < -0.4 is 4.74 Å². The molecule has 0 atom stereocenters. The second-order valence-corrected chi connectivity index (χ2v) is 5.10. The quantitative estimate of drug-likeness (QED) is 0.695. The second kappa shape index (κ2) is 5.91. The molecule has 0 aliphatic heterocycles. The van der Waals surface area contributed by atoms with Crippen molar-refractivity contribution in [3.05, 3.63) is 51.6 Å². The smallest absolute Gasteiger partial charge is 0.222 e. The van der Waals surface area contributed by atoms with Crippen molar-refractivity contribution in [3.63, 3.8) is 0 Å². The molecular weight excluding hydrogens is 337 g/mol. The van der Waals surface area contributed by atoms with Crippen LogP contribution in [0.25, 0.3) is 0 Å². The van der Waals surface area contributed by atoms with Crippen LogP contribution in [0.1, 0.15) is 11.1 Å². The fourth-order valence-corrected chi connectivity index (χ4v) is 2.10. The van der Waals surface area contributed by atoms with Gasteiger partial charge >= 0.3 is 0 Å². The lowest BCUT2D eigenvalue weighted by Gasteiger charge is -2.10. The van der Waals surface area contributed by atoms with Gasteiger partial charge in [0.1, 0.15) is 10.8 Å². The van der Waals surface area contributed by atoms with Crippen molar-refractivity contribution in [3.8, 4) is 11.6 Å². The first-order valence-electron chi connectivity index (χ1n) is 5.25. The molecule has 2 rings (SSSR count). The molecule has 0 radical (unpaired) electrons. The Bertz CT molecular complexity index is 575. The van der Waals surface area contributed by atoms with E-state index < -0.39 is 0 Å². The van der Waals surface area contributed by atoms with Crippen molar-refractivity contribution >= 4 is 39.1 Å². The van der Waals surface area contributed by atoms with E-state index in [-0.39, 0.29) is 0 Å². The standard InChI is InChI=1S/C13H10BrCl2NO/c1-8-5-9(6-14)7-17-13(8)18-11-4-2-3-10(15)12(11)16/h2-5,7H,6H2,1H3. The summed E-state index contributed by atoms with van der Waals surface area (Å²) in [5, 5.41) is 1.62. The summed E-state index contributed by atoms with van der Waals surface area (Å²) in [6, 6.07) is 7.26. The monoisotopic (exact) mass is 345 g/mol. The number of halogens is 3. The van der Waals surface area contributed by atoms with Crippen molar-refractivity contribution < 1.29 is 4.74 Å². The molecule has 1 aromatic heterocycles. The molecule has 0 N–H and O–H groups in total. The highest BCUT2D eigenvalue weighted by molar-refractivity contribution is 9.08. The minimum atomic E-state index is 0.393. The fourth-order valence-electron chi connectivity index (χ4n) is 1.47. The Labute approximate surface area is 124 Å². The molecule has 0 spiro atoms.